The summed E-state index contributed by atoms with van der Waals surface area (Å²) < 4.78 is 0. The smallest absolute Gasteiger partial charge is 0.294 e. The number of nitro groups is 1. The highest BCUT2D eigenvalue weighted by Gasteiger charge is 2.26. The van der Waals surface area contributed by atoms with E-state index in [2.05, 4.69) is 9.97 Å². The standard InChI is InChI=1S/C18H16ClN5O3/c19-13-2-4-16(17(10-13)24(26)27)22-5-7-23(8-6-22)18(25)12-1-3-14-15(9-12)21-11-20-14/h1-4,9-11H,5-8H2,(H,20,21). The molecule has 4 rings (SSSR count). The summed E-state index contributed by atoms with van der Waals surface area (Å²) in [7, 11) is 0. The van der Waals surface area contributed by atoms with E-state index in [1.165, 1.54) is 6.07 Å². The van der Waals surface area contributed by atoms with Crippen LogP contribution in [0.1, 0.15) is 10.4 Å². The number of rotatable bonds is 3. The number of hydrogen-bond acceptors (Lipinski definition) is 5. The summed E-state index contributed by atoms with van der Waals surface area (Å²) in [6.45, 7) is 2.00. The van der Waals surface area contributed by atoms with Crippen molar-refractivity contribution in [3.05, 3.63) is 63.4 Å². The van der Waals surface area contributed by atoms with Crippen molar-refractivity contribution in [3.8, 4) is 0 Å². The van der Waals surface area contributed by atoms with Gasteiger partial charge >= 0.3 is 0 Å². The largest absolute Gasteiger partial charge is 0.362 e. The number of aromatic nitrogens is 2. The number of anilines is 1. The molecule has 8 nitrogen and oxygen atoms in total. The maximum absolute atomic E-state index is 12.8. The summed E-state index contributed by atoms with van der Waals surface area (Å²) in [6.07, 6.45) is 1.59. The number of halogens is 1. The van der Waals surface area contributed by atoms with Crippen molar-refractivity contribution in [3.63, 3.8) is 0 Å². The number of fused-ring (bicyclic) bond motifs is 1. The average molecular weight is 386 g/mol. The van der Waals surface area contributed by atoms with E-state index >= 15 is 0 Å². The molecule has 0 bridgehead atoms. The molecule has 0 radical (unpaired) electrons. The van der Waals surface area contributed by atoms with Crippen molar-refractivity contribution in [1.29, 1.82) is 0 Å². The monoisotopic (exact) mass is 385 g/mol. The van der Waals surface area contributed by atoms with Crippen molar-refractivity contribution in [1.82, 2.24) is 14.9 Å². The topological polar surface area (TPSA) is 95.4 Å². The Kier molecular flexibility index (Phi) is 4.41. The van der Waals surface area contributed by atoms with Crippen LogP contribution >= 0.6 is 11.6 Å². The summed E-state index contributed by atoms with van der Waals surface area (Å²) >= 11 is 5.88. The van der Waals surface area contributed by atoms with Crippen LogP contribution < -0.4 is 4.90 Å². The molecular formula is C18H16ClN5O3. The lowest BCUT2D eigenvalue weighted by atomic mass is 10.1. The van der Waals surface area contributed by atoms with Crippen molar-refractivity contribution < 1.29 is 9.72 Å². The number of piperazine rings is 1. The SMILES string of the molecule is O=C(c1ccc2nc[nH]c2c1)N1CCN(c2ccc(Cl)cc2[N+](=O)[O-])CC1. The lowest BCUT2D eigenvalue weighted by Crippen LogP contribution is -2.49. The number of carbonyl (C=O) groups is 1. The number of amides is 1. The molecule has 9 heteroatoms. The maximum Gasteiger partial charge on any atom is 0.294 e. The Bertz CT molecular complexity index is 1030. The normalized spacial score (nSPS) is 14.6. The molecule has 1 N–H and O–H groups in total. The number of nitro benzene ring substituents is 1. The zero-order valence-corrected chi connectivity index (χ0v) is 15.0. The number of nitrogens with zero attached hydrogens (tertiary/aromatic N) is 4. The van der Waals surface area contributed by atoms with Gasteiger partial charge in [-0.05, 0) is 30.3 Å². The van der Waals surface area contributed by atoms with Crippen molar-refractivity contribution in [2.45, 2.75) is 0 Å². The lowest BCUT2D eigenvalue weighted by molar-refractivity contribution is -0.384. The Morgan fingerprint density at radius 2 is 1.93 bits per heavy atom. The van der Waals surface area contributed by atoms with Crippen molar-refractivity contribution in [2.75, 3.05) is 31.1 Å². The van der Waals surface area contributed by atoms with Gasteiger partial charge in [-0.3, -0.25) is 14.9 Å². The fourth-order valence-electron chi connectivity index (χ4n) is 3.31. The van der Waals surface area contributed by atoms with Gasteiger partial charge in [0.15, 0.2) is 0 Å². The second-order valence-corrected chi connectivity index (χ2v) is 6.74. The van der Waals surface area contributed by atoms with Gasteiger partial charge in [0.05, 0.1) is 22.3 Å². The van der Waals surface area contributed by atoms with Crippen LogP contribution in [0, 0.1) is 10.1 Å². The molecule has 2 aromatic carbocycles. The van der Waals surface area contributed by atoms with Gasteiger partial charge in [-0.2, -0.15) is 0 Å². The van der Waals surface area contributed by atoms with Crippen LogP contribution in [0.3, 0.4) is 0 Å². The third-order valence-electron chi connectivity index (χ3n) is 4.71. The minimum absolute atomic E-state index is 0.0213. The fourth-order valence-corrected chi connectivity index (χ4v) is 3.48. The summed E-state index contributed by atoms with van der Waals surface area (Å²) in [5.41, 5.74) is 2.72. The molecule has 1 aliphatic heterocycles. The number of nitrogens with one attached hydrogen (secondary N) is 1. The zero-order valence-electron chi connectivity index (χ0n) is 14.3. The minimum Gasteiger partial charge on any atom is -0.362 e. The maximum atomic E-state index is 12.8. The van der Waals surface area contributed by atoms with Gasteiger partial charge in [-0.1, -0.05) is 11.6 Å². The van der Waals surface area contributed by atoms with Crippen LogP contribution in [-0.2, 0) is 0 Å². The molecule has 0 aliphatic carbocycles. The van der Waals surface area contributed by atoms with Crippen molar-refractivity contribution >= 4 is 39.9 Å². The number of imidazole rings is 1. The first kappa shape index (κ1) is 17.3. The fraction of sp³-hybridized carbons (Fsp3) is 0.222. The molecule has 138 valence electrons. The third-order valence-corrected chi connectivity index (χ3v) is 4.94. The van der Waals surface area contributed by atoms with Gasteiger partial charge in [-0.25, -0.2) is 4.98 Å². The second kappa shape index (κ2) is 6.88. The summed E-state index contributed by atoms with van der Waals surface area (Å²) in [6, 6.07) is 10.0. The highest BCUT2D eigenvalue weighted by molar-refractivity contribution is 6.30. The molecule has 1 fully saturated rings. The van der Waals surface area contributed by atoms with E-state index in [0.29, 0.717) is 42.5 Å². The van der Waals surface area contributed by atoms with Crippen LogP contribution in [0.4, 0.5) is 11.4 Å². The Hall–Kier alpha value is -3.13. The Balaban J connectivity index is 1.49. The molecular weight excluding hydrogens is 370 g/mol. The molecule has 1 amide bonds. The van der Waals surface area contributed by atoms with Gasteiger partial charge in [-0.15, -0.1) is 0 Å². The molecule has 3 aromatic rings. The molecule has 0 unspecified atom stereocenters. The molecule has 0 saturated carbocycles. The minimum atomic E-state index is -0.432. The summed E-state index contributed by atoms with van der Waals surface area (Å²) in [4.78, 5) is 34.5. The Morgan fingerprint density at radius 1 is 1.15 bits per heavy atom. The predicted molar refractivity (Wildman–Crippen MR) is 102 cm³/mol. The molecule has 1 aliphatic rings. The Morgan fingerprint density at radius 3 is 2.67 bits per heavy atom. The summed E-state index contributed by atoms with van der Waals surface area (Å²) in [5, 5.41) is 11.6. The molecule has 1 aromatic heterocycles. The predicted octanol–water partition coefficient (Wildman–Crippen LogP) is 3.09. The average Bonchev–Trinajstić information content (AvgIpc) is 3.15. The highest BCUT2D eigenvalue weighted by Crippen LogP contribution is 2.31. The lowest BCUT2D eigenvalue weighted by Gasteiger charge is -2.35. The van der Waals surface area contributed by atoms with Crippen LogP contribution in [0.2, 0.25) is 5.02 Å². The first-order valence-corrected chi connectivity index (χ1v) is 8.82. The number of hydrogen-bond donors (Lipinski definition) is 1. The molecule has 0 spiro atoms. The van der Waals surface area contributed by atoms with E-state index in [-0.39, 0.29) is 11.6 Å². The van der Waals surface area contributed by atoms with E-state index in [1.807, 2.05) is 11.0 Å². The first-order chi connectivity index (χ1) is 13.0. The van der Waals surface area contributed by atoms with E-state index in [4.69, 9.17) is 11.6 Å². The first-order valence-electron chi connectivity index (χ1n) is 8.44. The van der Waals surface area contributed by atoms with Crippen LogP contribution in [-0.4, -0.2) is 51.9 Å². The Labute approximate surface area is 159 Å². The number of carbonyl (C=O) groups excluding carboxylic acids is 1. The van der Waals surface area contributed by atoms with E-state index < -0.39 is 4.92 Å². The van der Waals surface area contributed by atoms with Crippen LogP contribution in [0.5, 0.6) is 0 Å². The van der Waals surface area contributed by atoms with Gasteiger partial charge in [0.25, 0.3) is 11.6 Å². The molecule has 27 heavy (non-hydrogen) atoms. The molecule has 2 heterocycles. The van der Waals surface area contributed by atoms with Crippen LogP contribution in [0.15, 0.2) is 42.7 Å². The highest BCUT2D eigenvalue weighted by atomic mass is 35.5. The van der Waals surface area contributed by atoms with E-state index in [9.17, 15) is 14.9 Å². The quantitative estimate of drug-likeness (QED) is 0.552. The summed E-state index contributed by atoms with van der Waals surface area (Å²) in [5.74, 6) is -0.0586. The van der Waals surface area contributed by atoms with E-state index in [1.54, 1.807) is 35.5 Å². The van der Waals surface area contributed by atoms with Gasteiger partial charge in [0, 0.05) is 42.8 Å². The van der Waals surface area contributed by atoms with Crippen molar-refractivity contribution in [2.24, 2.45) is 0 Å². The van der Waals surface area contributed by atoms with Gasteiger partial charge in [0.2, 0.25) is 0 Å². The molecule has 0 atom stereocenters. The zero-order chi connectivity index (χ0) is 19.0. The van der Waals surface area contributed by atoms with E-state index in [0.717, 1.165) is 11.0 Å². The second-order valence-electron chi connectivity index (χ2n) is 6.30. The number of benzene rings is 2. The third kappa shape index (κ3) is 3.31. The van der Waals surface area contributed by atoms with Crippen LogP contribution in [0.25, 0.3) is 11.0 Å². The van der Waals surface area contributed by atoms with Gasteiger partial charge < -0.3 is 14.8 Å². The van der Waals surface area contributed by atoms with Gasteiger partial charge in [0.1, 0.15) is 5.69 Å². The molecule has 1 saturated heterocycles. The number of aromatic amines is 1. The number of H-pyrrole nitrogens is 1.